The molecule has 1 N–H and O–H groups in total. The van der Waals surface area contributed by atoms with Gasteiger partial charge in [-0.1, -0.05) is 37.1 Å². The minimum Gasteiger partial charge on any atom is -0.392 e. The van der Waals surface area contributed by atoms with Gasteiger partial charge in [0.25, 0.3) is 0 Å². The molecular weight excluding hydrogens is 234 g/mol. The van der Waals surface area contributed by atoms with Crippen LogP contribution in [0.2, 0.25) is 0 Å². The van der Waals surface area contributed by atoms with Gasteiger partial charge in [-0.3, -0.25) is 4.90 Å². The highest BCUT2D eigenvalue weighted by atomic mass is 16.3. The second-order valence-corrected chi connectivity index (χ2v) is 6.20. The molecule has 1 saturated carbocycles. The summed E-state index contributed by atoms with van der Waals surface area (Å²) in [6.07, 6.45) is 8.56. The molecule has 2 fully saturated rings. The standard InChI is InChI=1S/C17H25NO/c19-13-15-9-7-14(8-10-15)12-18-11-3-6-17(18)16-4-1-2-5-16/h7-10,16-17,19H,1-6,11-13H2. The van der Waals surface area contributed by atoms with Gasteiger partial charge in [0.1, 0.15) is 0 Å². The molecule has 0 radical (unpaired) electrons. The SMILES string of the molecule is OCc1ccc(CN2CCCC2C2CCCC2)cc1. The summed E-state index contributed by atoms with van der Waals surface area (Å²) in [6, 6.07) is 9.29. The third-order valence-corrected chi connectivity index (χ3v) is 4.95. The average Bonchev–Trinajstić information content (AvgIpc) is 3.10. The third kappa shape index (κ3) is 3.01. The minimum atomic E-state index is 0.148. The molecule has 1 heterocycles. The van der Waals surface area contributed by atoms with Crippen molar-refractivity contribution in [1.29, 1.82) is 0 Å². The molecule has 0 aromatic heterocycles. The van der Waals surface area contributed by atoms with E-state index >= 15 is 0 Å². The van der Waals surface area contributed by atoms with Gasteiger partial charge in [0.2, 0.25) is 0 Å². The van der Waals surface area contributed by atoms with Crippen LogP contribution in [0.25, 0.3) is 0 Å². The molecule has 3 rings (SSSR count). The van der Waals surface area contributed by atoms with E-state index in [1.165, 1.54) is 50.6 Å². The maximum absolute atomic E-state index is 9.09. The van der Waals surface area contributed by atoms with Crippen molar-refractivity contribution < 1.29 is 5.11 Å². The molecule has 0 spiro atoms. The fourth-order valence-corrected chi connectivity index (χ4v) is 3.91. The quantitative estimate of drug-likeness (QED) is 0.896. The number of hydrogen-bond donors (Lipinski definition) is 1. The number of rotatable bonds is 4. The summed E-state index contributed by atoms with van der Waals surface area (Å²) in [5.74, 6) is 0.958. The third-order valence-electron chi connectivity index (χ3n) is 4.95. The molecule has 1 unspecified atom stereocenters. The summed E-state index contributed by atoms with van der Waals surface area (Å²) in [5, 5.41) is 9.09. The molecule has 0 amide bonds. The van der Waals surface area contributed by atoms with Gasteiger partial charge in [-0.15, -0.1) is 0 Å². The zero-order valence-corrected chi connectivity index (χ0v) is 11.7. The Labute approximate surface area is 116 Å². The van der Waals surface area contributed by atoms with Crippen molar-refractivity contribution in [1.82, 2.24) is 4.90 Å². The maximum atomic E-state index is 9.09. The van der Waals surface area contributed by atoms with Gasteiger partial charge in [-0.05, 0) is 49.3 Å². The average molecular weight is 259 g/mol. The van der Waals surface area contributed by atoms with Gasteiger partial charge in [0.15, 0.2) is 0 Å². The van der Waals surface area contributed by atoms with Crippen LogP contribution in [0.3, 0.4) is 0 Å². The summed E-state index contributed by atoms with van der Waals surface area (Å²) in [5.41, 5.74) is 2.40. The predicted octanol–water partition coefficient (Wildman–Crippen LogP) is 3.33. The molecule has 2 nitrogen and oxygen atoms in total. The van der Waals surface area contributed by atoms with E-state index in [1.54, 1.807) is 0 Å². The van der Waals surface area contributed by atoms with Gasteiger partial charge in [0, 0.05) is 12.6 Å². The molecule has 0 bridgehead atoms. The zero-order chi connectivity index (χ0) is 13.1. The number of aliphatic hydroxyl groups is 1. The Morgan fingerprint density at radius 1 is 0.947 bits per heavy atom. The van der Waals surface area contributed by atoms with Crippen LogP contribution < -0.4 is 0 Å². The fraction of sp³-hybridized carbons (Fsp3) is 0.647. The molecular formula is C17H25NO. The first-order valence-corrected chi connectivity index (χ1v) is 7.79. The number of nitrogens with zero attached hydrogens (tertiary/aromatic N) is 1. The summed E-state index contributed by atoms with van der Waals surface area (Å²) >= 11 is 0. The van der Waals surface area contributed by atoms with Gasteiger partial charge in [0.05, 0.1) is 6.61 Å². The van der Waals surface area contributed by atoms with Crippen LogP contribution in [0.1, 0.15) is 49.7 Å². The summed E-state index contributed by atoms with van der Waals surface area (Å²) in [6.45, 7) is 2.50. The zero-order valence-electron chi connectivity index (χ0n) is 11.7. The van der Waals surface area contributed by atoms with Gasteiger partial charge < -0.3 is 5.11 Å². The molecule has 104 valence electrons. The highest BCUT2D eigenvalue weighted by Gasteiger charge is 2.32. The van der Waals surface area contributed by atoms with Crippen molar-refractivity contribution >= 4 is 0 Å². The monoisotopic (exact) mass is 259 g/mol. The highest BCUT2D eigenvalue weighted by molar-refractivity contribution is 5.22. The first kappa shape index (κ1) is 13.1. The molecule has 1 aromatic carbocycles. The molecule has 1 aliphatic heterocycles. The Morgan fingerprint density at radius 2 is 1.63 bits per heavy atom. The van der Waals surface area contributed by atoms with E-state index in [-0.39, 0.29) is 6.61 Å². The fourth-order valence-electron chi connectivity index (χ4n) is 3.91. The smallest absolute Gasteiger partial charge is 0.0681 e. The Morgan fingerprint density at radius 3 is 2.32 bits per heavy atom. The molecule has 19 heavy (non-hydrogen) atoms. The van der Waals surface area contributed by atoms with Crippen LogP contribution in [0.4, 0.5) is 0 Å². The molecule has 1 aliphatic carbocycles. The van der Waals surface area contributed by atoms with Crippen LogP contribution >= 0.6 is 0 Å². The Kier molecular flexibility index (Phi) is 4.19. The lowest BCUT2D eigenvalue weighted by Gasteiger charge is -2.29. The molecule has 1 atom stereocenters. The van der Waals surface area contributed by atoms with Crippen molar-refractivity contribution in [2.75, 3.05) is 6.54 Å². The van der Waals surface area contributed by atoms with E-state index in [9.17, 15) is 0 Å². The van der Waals surface area contributed by atoms with Gasteiger partial charge >= 0.3 is 0 Å². The summed E-state index contributed by atoms with van der Waals surface area (Å²) in [4.78, 5) is 2.70. The van der Waals surface area contributed by atoms with Crippen molar-refractivity contribution in [3.05, 3.63) is 35.4 Å². The lowest BCUT2D eigenvalue weighted by molar-refractivity contribution is 0.183. The van der Waals surface area contributed by atoms with E-state index in [1.807, 2.05) is 0 Å². The van der Waals surface area contributed by atoms with Crippen molar-refractivity contribution in [3.8, 4) is 0 Å². The topological polar surface area (TPSA) is 23.5 Å². The van der Waals surface area contributed by atoms with E-state index in [2.05, 4.69) is 29.2 Å². The van der Waals surface area contributed by atoms with Crippen molar-refractivity contribution in [3.63, 3.8) is 0 Å². The summed E-state index contributed by atoms with van der Waals surface area (Å²) < 4.78 is 0. The number of hydrogen-bond acceptors (Lipinski definition) is 2. The van der Waals surface area contributed by atoms with Crippen LogP contribution in [-0.2, 0) is 13.2 Å². The second kappa shape index (κ2) is 6.06. The lowest BCUT2D eigenvalue weighted by Crippen LogP contribution is -2.34. The first-order chi connectivity index (χ1) is 9.36. The number of aliphatic hydroxyl groups excluding tert-OH is 1. The normalized spacial score (nSPS) is 25.2. The van der Waals surface area contributed by atoms with Crippen molar-refractivity contribution in [2.24, 2.45) is 5.92 Å². The molecule has 2 heteroatoms. The van der Waals surface area contributed by atoms with Crippen molar-refractivity contribution in [2.45, 2.75) is 57.7 Å². The van der Waals surface area contributed by atoms with Crippen LogP contribution in [0.15, 0.2) is 24.3 Å². The Hall–Kier alpha value is -0.860. The first-order valence-electron chi connectivity index (χ1n) is 7.79. The highest BCUT2D eigenvalue weighted by Crippen LogP contribution is 2.35. The molecule has 1 saturated heterocycles. The largest absolute Gasteiger partial charge is 0.392 e. The maximum Gasteiger partial charge on any atom is 0.0681 e. The summed E-state index contributed by atoms with van der Waals surface area (Å²) in [7, 11) is 0. The lowest BCUT2D eigenvalue weighted by atomic mass is 9.96. The number of benzene rings is 1. The number of likely N-dealkylation sites (tertiary alicyclic amines) is 1. The Bertz CT molecular complexity index is 394. The van der Waals surface area contributed by atoms with E-state index in [0.717, 1.165) is 24.1 Å². The minimum absolute atomic E-state index is 0.148. The molecule has 1 aromatic rings. The van der Waals surface area contributed by atoms with Gasteiger partial charge in [-0.25, -0.2) is 0 Å². The predicted molar refractivity (Wildman–Crippen MR) is 77.8 cm³/mol. The van der Waals surface area contributed by atoms with E-state index < -0.39 is 0 Å². The van der Waals surface area contributed by atoms with Crippen LogP contribution in [0.5, 0.6) is 0 Å². The Balaban J connectivity index is 1.63. The van der Waals surface area contributed by atoms with Gasteiger partial charge in [-0.2, -0.15) is 0 Å². The molecule has 2 aliphatic rings. The van der Waals surface area contributed by atoms with Crippen LogP contribution in [-0.4, -0.2) is 22.6 Å². The second-order valence-electron chi connectivity index (χ2n) is 6.20. The van der Waals surface area contributed by atoms with Crippen LogP contribution in [0, 0.1) is 5.92 Å². The van der Waals surface area contributed by atoms with E-state index in [4.69, 9.17) is 5.11 Å². The van der Waals surface area contributed by atoms with E-state index in [0.29, 0.717) is 0 Å².